The van der Waals surface area contributed by atoms with Gasteiger partial charge in [-0.05, 0) is 25.3 Å². The first kappa shape index (κ1) is 19.4. The Morgan fingerprint density at radius 2 is 1.96 bits per heavy atom. The van der Waals surface area contributed by atoms with Crippen LogP contribution in [-0.4, -0.2) is 35.0 Å². The van der Waals surface area contributed by atoms with Crippen LogP contribution in [0.2, 0.25) is 0 Å². The number of amides is 1. The van der Waals surface area contributed by atoms with Crippen molar-refractivity contribution in [1.29, 1.82) is 0 Å². The summed E-state index contributed by atoms with van der Waals surface area (Å²) >= 11 is 4.79. The van der Waals surface area contributed by atoms with Crippen LogP contribution in [0.5, 0.6) is 11.5 Å². The first-order chi connectivity index (χ1) is 13.6. The van der Waals surface area contributed by atoms with Gasteiger partial charge in [-0.2, -0.15) is 16.8 Å². The van der Waals surface area contributed by atoms with Crippen molar-refractivity contribution >= 4 is 51.0 Å². The number of fused-ring (bicyclic) bond motifs is 2. The standard InChI is InChI=1S/C20H20N2O3S3/c1-13-3-5-14(6-4-13)27-11-19(23)21-20-22(7-8-26-2)15-9-16-17(25-12-24-16)10-18(15)28-20/h3-6,9-10H,7-8,11-12H2,1-2H3. The zero-order valence-electron chi connectivity index (χ0n) is 15.6. The van der Waals surface area contributed by atoms with Crippen LogP contribution >= 0.6 is 34.9 Å². The highest BCUT2D eigenvalue weighted by atomic mass is 32.2. The molecule has 0 fully saturated rings. The van der Waals surface area contributed by atoms with Crippen LogP contribution < -0.4 is 14.3 Å². The van der Waals surface area contributed by atoms with Gasteiger partial charge in [0.25, 0.3) is 5.91 Å². The van der Waals surface area contributed by atoms with E-state index >= 15 is 0 Å². The number of nitrogens with zero attached hydrogens (tertiary/aromatic N) is 2. The summed E-state index contributed by atoms with van der Waals surface area (Å²) in [5.41, 5.74) is 2.24. The van der Waals surface area contributed by atoms with Gasteiger partial charge in [-0.25, -0.2) is 0 Å². The molecule has 0 saturated carbocycles. The van der Waals surface area contributed by atoms with Gasteiger partial charge in [0, 0.05) is 29.3 Å². The lowest BCUT2D eigenvalue weighted by atomic mass is 10.2. The van der Waals surface area contributed by atoms with Crippen LogP contribution in [0.1, 0.15) is 5.56 Å². The summed E-state index contributed by atoms with van der Waals surface area (Å²) in [6.45, 7) is 3.09. The van der Waals surface area contributed by atoms with E-state index in [-0.39, 0.29) is 12.7 Å². The van der Waals surface area contributed by atoms with Gasteiger partial charge >= 0.3 is 0 Å². The lowest BCUT2D eigenvalue weighted by molar-refractivity contribution is -0.115. The Morgan fingerprint density at radius 1 is 1.21 bits per heavy atom. The van der Waals surface area contributed by atoms with E-state index in [4.69, 9.17) is 9.47 Å². The van der Waals surface area contributed by atoms with E-state index in [9.17, 15) is 4.79 Å². The third-order valence-electron chi connectivity index (χ3n) is 4.30. The van der Waals surface area contributed by atoms with Crippen molar-refractivity contribution < 1.29 is 14.3 Å². The summed E-state index contributed by atoms with van der Waals surface area (Å²) in [6, 6.07) is 12.1. The number of aryl methyl sites for hydroxylation is 2. The van der Waals surface area contributed by atoms with E-state index in [1.54, 1.807) is 11.8 Å². The number of ether oxygens (including phenoxy) is 2. The highest BCUT2D eigenvalue weighted by molar-refractivity contribution is 8.00. The van der Waals surface area contributed by atoms with Gasteiger partial charge in [-0.1, -0.05) is 29.0 Å². The summed E-state index contributed by atoms with van der Waals surface area (Å²) in [4.78, 5) is 18.7. The fourth-order valence-electron chi connectivity index (χ4n) is 2.86. The van der Waals surface area contributed by atoms with Crippen LogP contribution in [0.3, 0.4) is 0 Å². The molecule has 1 amide bonds. The number of hydrogen-bond donors (Lipinski definition) is 0. The molecule has 0 radical (unpaired) electrons. The molecule has 0 bridgehead atoms. The second-order valence-electron chi connectivity index (χ2n) is 6.31. The lowest BCUT2D eigenvalue weighted by Crippen LogP contribution is -2.18. The van der Waals surface area contributed by atoms with Gasteiger partial charge in [0.15, 0.2) is 16.3 Å². The van der Waals surface area contributed by atoms with E-state index in [1.165, 1.54) is 28.7 Å². The van der Waals surface area contributed by atoms with Crippen molar-refractivity contribution in [3.63, 3.8) is 0 Å². The van der Waals surface area contributed by atoms with Gasteiger partial charge in [-0.3, -0.25) is 4.79 Å². The van der Waals surface area contributed by atoms with Gasteiger partial charge in [0.2, 0.25) is 6.79 Å². The average Bonchev–Trinajstić information content (AvgIpc) is 3.27. The molecule has 8 heteroatoms. The number of benzene rings is 2. The molecule has 3 aromatic rings. The normalized spacial score (nSPS) is 13.4. The smallest absolute Gasteiger partial charge is 0.258 e. The van der Waals surface area contributed by atoms with E-state index in [1.807, 2.05) is 24.3 Å². The number of thiazole rings is 1. The second kappa shape index (κ2) is 8.63. The Labute approximate surface area is 175 Å². The molecule has 28 heavy (non-hydrogen) atoms. The van der Waals surface area contributed by atoms with Crippen molar-refractivity contribution in [1.82, 2.24) is 4.57 Å². The fourth-order valence-corrected chi connectivity index (χ4v) is 4.99. The zero-order chi connectivity index (χ0) is 19.5. The van der Waals surface area contributed by atoms with Crippen molar-refractivity contribution in [2.45, 2.75) is 18.4 Å². The van der Waals surface area contributed by atoms with Gasteiger partial charge in [-0.15, -0.1) is 11.8 Å². The third kappa shape index (κ3) is 4.24. The van der Waals surface area contributed by atoms with Gasteiger partial charge in [0.05, 0.1) is 16.0 Å². The SMILES string of the molecule is CSCCn1c(=NC(=O)CSc2ccc(C)cc2)sc2cc3c(cc21)OCO3. The van der Waals surface area contributed by atoms with Crippen LogP contribution in [0.4, 0.5) is 0 Å². The minimum Gasteiger partial charge on any atom is -0.454 e. The molecule has 0 unspecified atom stereocenters. The second-order valence-corrected chi connectivity index (χ2v) is 9.35. The van der Waals surface area contributed by atoms with Gasteiger partial charge < -0.3 is 14.0 Å². The summed E-state index contributed by atoms with van der Waals surface area (Å²) < 4.78 is 14.1. The maximum Gasteiger partial charge on any atom is 0.258 e. The number of carbonyl (C=O) groups is 1. The van der Waals surface area contributed by atoms with Crippen molar-refractivity contribution in [3.8, 4) is 11.5 Å². The van der Waals surface area contributed by atoms with E-state index in [2.05, 4.69) is 34.9 Å². The maximum atomic E-state index is 12.5. The molecule has 0 atom stereocenters. The highest BCUT2D eigenvalue weighted by Crippen LogP contribution is 2.37. The van der Waals surface area contributed by atoms with Crippen LogP contribution in [0, 0.1) is 6.92 Å². The Bertz CT molecular complexity index is 1070. The summed E-state index contributed by atoms with van der Waals surface area (Å²) in [5, 5.41) is 0. The van der Waals surface area contributed by atoms with Crippen molar-refractivity contribution in [3.05, 3.63) is 46.8 Å². The molecule has 4 rings (SSSR count). The molecule has 0 spiro atoms. The minimum atomic E-state index is -0.130. The van der Waals surface area contributed by atoms with E-state index in [0.29, 0.717) is 5.75 Å². The first-order valence-electron chi connectivity index (χ1n) is 8.83. The van der Waals surface area contributed by atoms with Gasteiger partial charge in [0.1, 0.15) is 0 Å². The minimum absolute atomic E-state index is 0.130. The lowest BCUT2D eigenvalue weighted by Gasteiger charge is -2.04. The van der Waals surface area contributed by atoms with Crippen LogP contribution in [-0.2, 0) is 11.3 Å². The molecule has 146 valence electrons. The molecular weight excluding hydrogens is 412 g/mol. The monoisotopic (exact) mass is 432 g/mol. The van der Waals surface area contributed by atoms with E-state index < -0.39 is 0 Å². The molecule has 5 nitrogen and oxygen atoms in total. The maximum absolute atomic E-state index is 12.5. The number of thioether (sulfide) groups is 2. The van der Waals surface area contributed by atoms with Crippen LogP contribution in [0.25, 0.3) is 10.2 Å². The topological polar surface area (TPSA) is 52.8 Å². The first-order valence-corrected chi connectivity index (χ1v) is 12.0. The number of aromatic nitrogens is 1. The molecule has 2 heterocycles. The van der Waals surface area contributed by atoms with Crippen molar-refractivity contribution in [2.75, 3.05) is 24.6 Å². The molecule has 0 N–H and O–H groups in total. The average molecular weight is 433 g/mol. The van der Waals surface area contributed by atoms with E-state index in [0.717, 1.165) is 43.7 Å². The highest BCUT2D eigenvalue weighted by Gasteiger charge is 2.18. The molecule has 0 aliphatic carbocycles. The Morgan fingerprint density at radius 3 is 2.71 bits per heavy atom. The summed E-state index contributed by atoms with van der Waals surface area (Å²) in [6.07, 6.45) is 2.07. The predicted molar refractivity (Wildman–Crippen MR) is 117 cm³/mol. The molecular formula is C20H20N2O3S3. The Balaban J connectivity index is 1.62. The fraction of sp³-hybridized carbons (Fsp3) is 0.300. The largest absolute Gasteiger partial charge is 0.454 e. The van der Waals surface area contributed by atoms with Crippen molar-refractivity contribution in [2.24, 2.45) is 4.99 Å². The quantitative estimate of drug-likeness (QED) is 0.543. The molecule has 2 aromatic carbocycles. The third-order valence-corrected chi connectivity index (χ3v) is 6.93. The molecule has 0 saturated heterocycles. The Hall–Kier alpha value is -1.90. The number of carbonyl (C=O) groups excluding carboxylic acids is 1. The zero-order valence-corrected chi connectivity index (χ0v) is 18.1. The summed E-state index contributed by atoms with van der Waals surface area (Å²) in [7, 11) is 0. The molecule has 1 aliphatic heterocycles. The van der Waals surface area contributed by atoms with Crippen LogP contribution in [0.15, 0.2) is 46.3 Å². The predicted octanol–water partition coefficient (Wildman–Crippen LogP) is 4.32. The Kier molecular flexibility index (Phi) is 5.99. The number of hydrogen-bond acceptors (Lipinski definition) is 6. The summed E-state index contributed by atoms with van der Waals surface area (Å²) in [5.74, 6) is 2.63. The number of rotatable bonds is 6. The molecule has 1 aromatic heterocycles. The molecule has 1 aliphatic rings.